The first-order chi connectivity index (χ1) is 6.00. The van der Waals surface area contributed by atoms with Crippen LogP contribution in [0.5, 0.6) is 0 Å². The van der Waals surface area contributed by atoms with E-state index in [2.05, 4.69) is 0 Å². The molecule has 2 saturated heterocycles. The quantitative estimate of drug-likeness (QED) is 0.622. The number of fused-ring (bicyclic) bond motifs is 1. The molecule has 0 aliphatic carbocycles. The molecule has 2 heterocycles. The Morgan fingerprint density at radius 2 is 2.15 bits per heavy atom. The zero-order chi connectivity index (χ0) is 9.64. The van der Waals surface area contributed by atoms with Crippen molar-refractivity contribution in [3.8, 4) is 0 Å². The van der Waals surface area contributed by atoms with E-state index in [4.69, 9.17) is 0 Å². The second-order valence-electron chi connectivity index (χ2n) is 4.21. The van der Waals surface area contributed by atoms with Gasteiger partial charge in [0, 0.05) is 19.0 Å². The highest BCUT2D eigenvalue weighted by Gasteiger charge is 2.52. The molecular formula is C9H15F2NO. The average Bonchev–Trinajstić information content (AvgIpc) is 2.22. The minimum absolute atomic E-state index is 0.0781. The van der Waals surface area contributed by atoms with Crippen LogP contribution in [0, 0.1) is 0 Å². The Bertz CT molecular complexity index is 210. The molecule has 3 atom stereocenters. The normalized spacial score (nSPS) is 44.8. The summed E-state index contributed by atoms with van der Waals surface area (Å²) >= 11 is 0. The van der Waals surface area contributed by atoms with Gasteiger partial charge < -0.3 is 5.11 Å². The van der Waals surface area contributed by atoms with E-state index in [0.717, 1.165) is 0 Å². The monoisotopic (exact) mass is 191 g/mol. The summed E-state index contributed by atoms with van der Waals surface area (Å²) in [6, 6.07) is -0.751. The van der Waals surface area contributed by atoms with Gasteiger partial charge in [-0.3, -0.25) is 4.90 Å². The number of halogens is 2. The number of aliphatic hydroxyl groups is 1. The van der Waals surface area contributed by atoms with Crippen molar-refractivity contribution in [1.29, 1.82) is 0 Å². The summed E-state index contributed by atoms with van der Waals surface area (Å²) in [7, 11) is 0. The SMILES string of the molecule is CC1N2CCC(O)CC2CC1(F)F. The van der Waals surface area contributed by atoms with Crippen LogP contribution in [0.15, 0.2) is 0 Å². The first kappa shape index (κ1) is 9.34. The maximum absolute atomic E-state index is 13.2. The van der Waals surface area contributed by atoms with Crippen molar-refractivity contribution in [3.05, 3.63) is 0 Å². The number of piperidine rings is 1. The van der Waals surface area contributed by atoms with Gasteiger partial charge in [0.2, 0.25) is 0 Å². The average molecular weight is 191 g/mol. The molecular weight excluding hydrogens is 176 g/mol. The number of aliphatic hydroxyl groups excluding tert-OH is 1. The second kappa shape index (κ2) is 2.89. The minimum atomic E-state index is -2.56. The van der Waals surface area contributed by atoms with Gasteiger partial charge in [-0.1, -0.05) is 0 Å². The number of rotatable bonds is 0. The lowest BCUT2D eigenvalue weighted by Gasteiger charge is -2.34. The third-order valence-corrected chi connectivity index (χ3v) is 3.35. The minimum Gasteiger partial charge on any atom is -0.393 e. The molecule has 0 saturated carbocycles. The molecule has 76 valence electrons. The van der Waals surface area contributed by atoms with Gasteiger partial charge in [-0.05, 0) is 19.8 Å². The van der Waals surface area contributed by atoms with Crippen LogP contribution in [-0.4, -0.2) is 40.7 Å². The molecule has 0 radical (unpaired) electrons. The van der Waals surface area contributed by atoms with E-state index in [1.165, 1.54) is 0 Å². The van der Waals surface area contributed by atoms with Crippen LogP contribution < -0.4 is 0 Å². The molecule has 0 amide bonds. The van der Waals surface area contributed by atoms with Gasteiger partial charge in [0.05, 0.1) is 12.1 Å². The first-order valence-corrected chi connectivity index (χ1v) is 4.82. The molecule has 13 heavy (non-hydrogen) atoms. The van der Waals surface area contributed by atoms with Crippen molar-refractivity contribution in [2.75, 3.05) is 6.54 Å². The maximum atomic E-state index is 13.2. The van der Waals surface area contributed by atoms with Crippen LogP contribution in [-0.2, 0) is 0 Å². The van der Waals surface area contributed by atoms with Crippen LogP contribution in [0.25, 0.3) is 0 Å². The molecule has 4 heteroatoms. The third-order valence-electron chi connectivity index (χ3n) is 3.35. The van der Waals surface area contributed by atoms with Crippen LogP contribution in [0.4, 0.5) is 8.78 Å². The van der Waals surface area contributed by atoms with Gasteiger partial charge in [-0.25, -0.2) is 8.78 Å². The van der Waals surface area contributed by atoms with Crippen LogP contribution in [0.2, 0.25) is 0 Å². The van der Waals surface area contributed by atoms with Crippen molar-refractivity contribution in [2.24, 2.45) is 0 Å². The Hall–Kier alpha value is -0.220. The van der Waals surface area contributed by atoms with Crippen LogP contribution in [0.3, 0.4) is 0 Å². The largest absolute Gasteiger partial charge is 0.393 e. The topological polar surface area (TPSA) is 23.5 Å². The molecule has 2 aliphatic heterocycles. The van der Waals surface area contributed by atoms with Gasteiger partial charge in [0.1, 0.15) is 0 Å². The summed E-state index contributed by atoms with van der Waals surface area (Å²) in [5, 5.41) is 9.34. The second-order valence-corrected chi connectivity index (χ2v) is 4.21. The molecule has 2 rings (SSSR count). The van der Waals surface area contributed by atoms with E-state index in [9.17, 15) is 13.9 Å². The Labute approximate surface area is 76.5 Å². The highest BCUT2D eigenvalue weighted by molar-refractivity contribution is 4.99. The Balaban J connectivity index is 2.11. The number of nitrogens with zero attached hydrogens (tertiary/aromatic N) is 1. The van der Waals surface area contributed by atoms with Crippen molar-refractivity contribution >= 4 is 0 Å². The van der Waals surface area contributed by atoms with E-state index in [-0.39, 0.29) is 18.6 Å². The van der Waals surface area contributed by atoms with Crippen LogP contribution >= 0.6 is 0 Å². The molecule has 0 aromatic carbocycles. The van der Waals surface area contributed by atoms with E-state index >= 15 is 0 Å². The first-order valence-electron chi connectivity index (χ1n) is 4.82. The van der Waals surface area contributed by atoms with E-state index in [1.54, 1.807) is 6.92 Å². The van der Waals surface area contributed by atoms with Gasteiger partial charge in [0.15, 0.2) is 0 Å². The fraction of sp³-hybridized carbons (Fsp3) is 1.00. The molecule has 0 aromatic rings. The highest BCUT2D eigenvalue weighted by atomic mass is 19.3. The highest BCUT2D eigenvalue weighted by Crippen LogP contribution is 2.41. The van der Waals surface area contributed by atoms with Crippen molar-refractivity contribution < 1.29 is 13.9 Å². The molecule has 2 aliphatic rings. The molecule has 0 spiro atoms. The summed E-state index contributed by atoms with van der Waals surface area (Å²) in [6.07, 6.45) is 0.699. The summed E-state index contributed by atoms with van der Waals surface area (Å²) in [6.45, 7) is 2.19. The predicted octanol–water partition coefficient (Wildman–Crippen LogP) is 1.24. The van der Waals surface area contributed by atoms with Crippen molar-refractivity contribution in [2.45, 2.75) is 50.3 Å². The standard InChI is InChI=1S/C9H15F2NO/c1-6-9(10,11)5-7-4-8(13)2-3-12(6)7/h6-8,13H,2-5H2,1H3. The molecule has 1 N–H and O–H groups in total. The van der Waals surface area contributed by atoms with Crippen LogP contribution in [0.1, 0.15) is 26.2 Å². The zero-order valence-electron chi connectivity index (χ0n) is 7.71. The molecule has 2 nitrogen and oxygen atoms in total. The zero-order valence-corrected chi connectivity index (χ0v) is 7.71. The number of hydrogen-bond acceptors (Lipinski definition) is 2. The summed E-state index contributed by atoms with van der Waals surface area (Å²) < 4.78 is 26.5. The number of hydrogen-bond donors (Lipinski definition) is 1. The number of alkyl halides is 2. The Morgan fingerprint density at radius 3 is 2.85 bits per heavy atom. The fourth-order valence-electron chi connectivity index (χ4n) is 2.49. The third kappa shape index (κ3) is 1.46. The van der Waals surface area contributed by atoms with Gasteiger partial charge in [0.25, 0.3) is 5.92 Å². The van der Waals surface area contributed by atoms with E-state index in [1.807, 2.05) is 4.90 Å². The lowest BCUT2D eigenvalue weighted by atomic mass is 10.00. The van der Waals surface area contributed by atoms with Crippen molar-refractivity contribution in [3.63, 3.8) is 0 Å². The fourth-order valence-corrected chi connectivity index (χ4v) is 2.49. The smallest absolute Gasteiger partial charge is 0.264 e. The van der Waals surface area contributed by atoms with Gasteiger partial charge in [-0.2, -0.15) is 0 Å². The summed E-state index contributed by atoms with van der Waals surface area (Å²) in [4.78, 5) is 1.84. The van der Waals surface area contributed by atoms with Gasteiger partial charge >= 0.3 is 0 Å². The Morgan fingerprint density at radius 1 is 1.46 bits per heavy atom. The van der Waals surface area contributed by atoms with Gasteiger partial charge in [-0.15, -0.1) is 0 Å². The lowest BCUT2D eigenvalue weighted by Crippen LogP contribution is -2.44. The maximum Gasteiger partial charge on any atom is 0.264 e. The predicted molar refractivity (Wildman–Crippen MR) is 44.8 cm³/mol. The molecule has 0 aromatic heterocycles. The molecule has 3 unspecified atom stereocenters. The van der Waals surface area contributed by atoms with E-state index in [0.29, 0.717) is 19.4 Å². The summed E-state index contributed by atoms with van der Waals surface area (Å²) in [5.41, 5.74) is 0. The summed E-state index contributed by atoms with van der Waals surface area (Å²) in [5.74, 6) is -2.56. The molecule has 0 bridgehead atoms. The lowest BCUT2D eigenvalue weighted by molar-refractivity contribution is -0.0295. The van der Waals surface area contributed by atoms with Crippen molar-refractivity contribution in [1.82, 2.24) is 4.90 Å². The van der Waals surface area contributed by atoms with E-state index < -0.39 is 12.0 Å². The molecule has 2 fully saturated rings. The Kier molecular flexibility index (Phi) is 2.07.